The Kier molecular flexibility index (Phi) is 2.81. The number of pyridine rings is 1. The summed E-state index contributed by atoms with van der Waals surface area (Å²) in [6, 6.07) is 1.84. The van der Waals surface area contributed by atoms with Gasteiger partial charge in [-0.25, -0.2) is 0 Å². The van der Waals surface area contributed by atoms with Crippen LogP contribution >= 0.6 is 22.6 Å². The molecule has 0 bridgehead atoms. The summed E-state index contributed by atoms with van der Waals surface area (Å²) in [6.45, 7) is 1.48. The van der Waals surface area contributed by atoms with E-state index in [9.17, 15) is 4.79 Å². The number of carbonyl (C=O) groups excluding carboxylic acids is 1. The average Bonchev–Trinajstić information content (AvgIpc) is 1.93. The molecule has 1 aromatic heterocycles. The molecule has 0 aliphatic carbocycles. The Morgan fingerprint density at radius 1 is 1.73 bits per heavy atom. The lowest BCUT2D eigenvalue weighted by molar-refractivity contribution is -0.114. The van der Waals surface area contributed by atoms with Gasteiger partial charge in [-0.2, -0.15) is 0 Å². The Labute approximate surface area is 78.4 Å². The van der Waals surface area contributed by atoms with E-state index in [4.69, 9.17) is 0 Å². The predicted molar refractivity (Wildman–Crippen MR) is 51.3 cm³/mol. The molecule has 1 amide bonds. The molecule has 1 aromatic rings. The second-order valence-corrected chi connectivity index (χ2v) is 3.20. The summed E-state index contributed by atoms with van der Waals surface area (Å²) < 4.78 is 0.993. The molecule has 0 saturated carbocycles. The lowest BCUT2D eigenvalue weighted by Gasteiger charge is -2.01. The zero-order valence-electron chi connectivity index (χ0n) is 5.97. The van der Waals surface area contributed by atoms with E-state index in [1.54, 1.807) is 12.4 Å². The van der Waals surface area contributed by atoms with E-state index in [0.717, 1.165) is 9.26 Å². The van der Waals surface area contributed by atoms with Gasteiger partial charge >= 0.3 is 0 Å². The van der Waals surface area contributed by atoms with E-state index in [-0.39, 0.29) is 5.91 Å². The molecule has 1 heterocycles. The molecule has 0 unspecified atom stereocenters. The molecule has 11 heavy (non-hydrogen) atoms. The zero-order chi connectivity index (χ0) is 8.27. The number of carbonyl (C=O) groups is 1. The number of aromatic nitrogens is 1. The number of amides is 1. The third-order valence-electron chi connectivity index (χ3n) is 1.08. The van der Waals surface area contributed by atoms with Crippen molar-refractivity contribution >= 4 is 34.2 Å². The van der Waals surface area contributed by atoms with Gasteiger partial charge in [0.2, 0.25) is 5.91 Å². The van der Waals surface area contributed by atoms with Crippen LogP contribution < -0.4 is 5.32 Å². The number of nitrogens with zero attached hydrogens (tertiary/aromatic N) is 1. The highest BCUT2D eigenvalue weighted by molar-refractivity contribution is 14.1. The van der Waals surface area contributed by atoms with Crippen LogP contribution in [0, 0.1) is 3.57 Å². The minimum atomic E-state index is -0.0732. The van der Waals surface area contributed by atoms with Crippen LogP contribution in [0.15, 0.2) is 18.5 Å². The first kappa shape index (κ1) is 8.45. The first-order valence-electron chi connectivity index (χ1n) is 3.07. The summed E-state index contributed by atoms with van der Waals surface area (Å²) in [4.78, 5) is 14.5. The second kappa shape index (κ2) is 3.66. The molecular weight excluding hydrogens is 255 g/mol. The van der Waals surface area contributed by atoms with Gasteiger partial charge in [0.15, 0.2) is 0 Å². The highest BCUT2D eigenvalue weighted by Gasteiger charge is 1.98. The Morgan fingerprint density at radius 3 is 3.00 bits per heavy atom. The van der Waals surface area contributed by atoms with Crippen molar-refractivity contribution in [2.45, 2.75) is 6.92 Å². The normalized spacial score (nSPS) is 9.27. The molecule has 0 saturated heterocycles. The Balaban J connectivity index is 2.86. The molecule has 3 nitrogen and oxygen atoms in total. The number of rotatable bonds is 1. The van der Waals surface area contributed by atoms with E-state index >= 15 is 0 Å². The maximum Gasteiger partial charge on any atom is 0.221 e. The first-order valence-corrected chi connectivity index (χ1v) is 4.15. The van der Waals surface area contributed by atoms with Crippen molar-refractivity contribution in [1.82, 2.24) is 4.98 Å². The van der Waals surface area contributed by atoms with Crippen molar-refractivity contribution in [3.63, 3.8) is 0 Å². The number of nitrogens with one attached hydrogen (secondary N) is 1. The summed E-state index contributed by atoms with van der Waals surface area (Å²) in [5, 5.41) is 2.66. The van der Waals surface area contributed by atoms with Crippen molar-refractivity contribution in [2.24, 2.45) is 0 Å². The van der Waals surface area contributed by atoms with Gasteiger partial charge in [-0.15, -0.1) is 0 Å². The Morgan fingerprint density at radius 2 is 2.45 bits per heavy atom. The topological polar surface area (TPSA) is 42.0 Å². The van der Waals surface area contributed by atoms with Crippen molar-refractivity contribution in [1.29, 1.82) is 0 Å². The van der Waals surface area contributed by atoms with Crippen LogP contribution in [0.2, 0.25) is 0 Å². The van der Waals surface area contributed by atoms with Gasteiger partial charge in [-0.3, -0.25) is 9.78 Å². The fourth-order valence-corrected chi connectivity index (χ4v) is 1.09. The minimum absolute atomic E-state index is 0.0732. The molecule has 0 spiro atoms. The van der Waals surface area contributed by atoms with Gasteiger partial charge < -0.3 is 5.32 Å². The smallest absolute Gasteiger partial charge is 0.221 e. The largest absolute Gasteiger partial charge is 0.324 e. The maximum atomic E-state index is 10.6. The zero-order valence-corrected chi connectivity index (χ0v) is 8.12. The van der Waals surface area contributed by atoms with Crippen LogP contribution in [0.25, 0.3) is 0 Å². The number of hydrogen-bond acceptors (Lipinski definition) is 2. The van der Waals surface area contributed by atoms with Crippen LogP contribution in [0.5, 0.6) is 0 Å². The number of hydrogen-bond donors (Lipinski definition) is 1. The average molecular weight is 262 g/mol. The summed E-state index contributed by atoms with van der Waals surface area (Å²) in [5.74, 6) is -0.0732. The van der Waals surface area contributed by atoms with E-state index in [1.807, 2.05) is 6.07 Å². The van der Waals surface area contributed by atoms with Crippen molar-refractivity contribution < 1.29 is 4.79 Å². The molecule has 1 N–H and O–H groups in total. The Hall–Kier alpha value is -0.650. The van der Waals surface area contributed by atoms with E-state index in [0.29, 0.717) is 0 Å². The summed E-state index contributed by atoms with van der Waals surface area (Å²) >= 11 is 2.14. The van der Waals surface area contributed by atoms with E-state index < -0.39 is 0 Å². The SMILES string of the molecule is CC(=O)Nc1cnccc1I. The Bertz CT molecular complexity index is 275. The molecule has 0 aliphatic heterocycles. The van der Waals surface area contributed by atoms with Crippen LogP contribution in [0.3, 0.4) is 0 Å². The molecule has 1 rings (SSSR count). The molecule has 0 aromatic carbocycles. The highest BCUT2D eigenvalue weighted by atomic mass is 127. The standard InChI is InChI=1S/C7H7IN2O/c1-5(11)10-7-4-9-3-2-6(7)8/h2-4H,1H3,(H,10,11). The summed E-state index contributed by atoms with van der Waals surface area (Å²) in [5.41, 5.74) is 0.764. The highest BCUT2D eigenvalue weighted by Crippen LogP contribution is 2.14. The molecule has 0 atom stereocenters. The van der Waals surface area contributed by atoms with Gasteiger partial charge in [0.25, 0.3) is 0 Å². The van der Waals surface area contributed by atoms with E-state index in [2.05, 4.69) is 32.9 Å². The maximum absolute atomic E-state index is 10.6. The first-order chi connectivity index (χ1) is 5.20. The number of halogens is 1. The van der Waals surface area contributed by atoms with Crippen LogP contribution in [-0.4, -0.2) is 10.9 Å². The minimum Gasteiger partial charge on any atom is -0.324 e. The number of anilines is 1. The quantitative estimate of drug-likeness (QED) is 0.782. The lowest BCUT2D eigenvalue weighted by atomic mass is 10.4. The van der Waals surface area contributed by atoms with Crippen molar-refractivity contribution in [3.8, 4) is 0 Å². The van der Waals surface area contributed by atoms with Gasteiger partial charge in [-0.05, 0) is 28.7 Å². The molecule has 0 radical (unpaired) electrons. The predicted octanol–water partition coefficient (Wildman–Crippen LogP) is 1.64. The monoisotopic (exact) mass is 262 g/mol. The second-order valence-electron chi connectivity index (χ2n) is 2.04. The van der Waals surface area contributed by atoms with Gasteiger partial charge in [0.1, 0.15) is 0 Å². The third kappa shape index (κ3) is 2.45. The molecule has 4 heteroatoms. The summed E-state index contributed by atoms with van der Waals surface area (Å²) in [6.07, 6.45) is 3.32. The van der Waals surface area contributed by atoms with Gasteiger partial charge in [0, 0.05) is 16.7 Å². The lowest BCUT2D eigenvalue weighted by Crippen LogP contribution is -2.07. The van der Waals surface area contributed by atoms with E-state index in [1.165, 1.54) is 6.92 Å². The summed E-state index contributed by atoms with van der Waals surface area (Å²) in [7, 11) is 0. The van der Waals surface area contributed by atoms with Gasteiger partial charge in [0.05, 0.1) is 11.9 Å². The molecule has 0 aliphatic rings. The molecule has 58 valence electrons. The molecular formula is C7H7IN2O. The fourth-order valence-electron chi connectivity index (χ4n) is 0.659. The van der Waals surface area contributed by atoms with Crippen LogP contribution in [0.1, 0.15) is 6.92 Å². The molecule has 0 fully saturated rings. The van der Waals surface area contributed by atoms with Crippen molar-refractivity contribution in [3.05, 3.63) is 22.0 Å². The van der Waals surface area contributed by atoms with Crippen LogP contribution in [-0.2, 0) is 4.79 Å². The fraction of sp³-hybridized carbons (Fsp3) is 0.143. The van der Waals surface area contributed by atoms with Crippen molar-refractivity contribution in [2.75, 3.05) is 5.32 Å². The van der Waals surface area contributed by atoms with Gasteiger partial charge in [-0.1, -0.05) is 0 Å². The van der Waals surface area contributed by atoms with Crippen LogP contribution in [0.4, 0.5) is 5.69 Å². The third-order valence-corrected chi connectivity index (χ3v) is 2.02.